The third-order valence-corrected chi connectivity index (χ3v) is 4.34. The van der Waals surface area contributed by atoms with E-state index in [2.05, 4.69) is 27.8 Å². The molecule has 2 rings (SSSR count). The molecule has 2 unspecified atom stereocenters. The molecule has 0 heterocycles. The number of aliphatic hydroxyl groups is 1. The van der Waals surface area contributed by atoms with Gasteiger partial charge < -0.3 is 20.5 Å². The predicted octanol–water partition coefficient (Wildman–Crippen LogP) is 2.22. The van der Waals surface area contributed by atoms with Crippen molar-refractivity contribution in [3.63, 3.8) is 0 Å². The van der Waals surface area contributed by atoms with Crippen LogP contribution in [0.2, 0.25) is 0 Å². The van der Waals surface area contributed by atoms with Crippen molar-refractivity contribution in [2.75, 3.05) is 20.2 Å². The number of nitrogens with zero attached hydrogens (tertiary/aromatic N) is 1. The Balaban J connectivity index is 1.98. The van der Waals surface area contributed by atoms with Crippen LogP contribution in [0.4, 0.5) is 0 Å². The predicted molar refractivity (Wildman–Crippen MR) is 93.9 cm³/mol. The molecule has 1 saturated carbocycles. The maximum atomic E-state index is 9.92. The molecule has 0 aliphatic heterocycles. The Morgan fingerprint density at radius 2 is 2.17 bits per heavy atom. The molecule has 23 heavy (non-hydrogen) atoms. The fourth-order valence-corrected chi connectivity index (χ4v) is 2.97. The Bertz CT molecular complexity index is 531. The van der Waals surface area contributed by atoms with Crippen LogP contribution in [0, 0.1) is 12.8 Å². The van der Waals surface area contributed by atoms with Crippen molar-refractivity contribution in [3.05, 3.63) is 29.3 Å². The Kier molecular flexibility index (Phi) is 6.71. The summed E-state index contributed by atoms with van der Waals surface area (Å²) in [5.41, 5.74) is 2.24. The minimum absolute atomic E-state index is 0.178. The van der Waals surface area contributed by atoms with E-state index in [0.717, 1.165) is 49.6 Å². The number of ether oxygens (including phenoxy) is 1. The molecule has 1 aliphatic carbocycles. The maximum Gasteiger partial charge on any atom is 0.191 e. The molecular weight excluding hydrogens is 290 g/mol. The molecule has 1 fully saturated rings. The highest BCUT2D eigenvalue weighted by Crippen LogP contribution is 2.24. The third kappa shape index (κ3) is 5.13. The number of nitrogens with one attached hydrogen (secondary N) is 2. The van der Waals surface area contributed by atoms with Crippen LogP contribution in [0.5, 0.6) is 5.75 Å². The van der Waals surface area contributed by atoms with Crippen LogP contribution in [0.1, 0.15) is 37.3 Å². The molecule has 0 amide bonds. The molecule has 5 heteroatoms. The average Bonchev–Trinajstić information content (AvgIpc) is 2.96. The summed E-state index contributed by atoms with van der Waals surface area (Å²) in [7, 11) is 1.69. The van der Waals surface area contributed by atoms with E-state index in [1.807, 2.05) is 19.9 Å². The van der Waals surface area contributed by atoms with E-state index in [-0.39, 0.29) is 6.10 Å². The van der Waals surface area contributed by atoms with Gasteiger partial charge in [-0.2, -0.15) is 0 Å². The molecule has 0 bridgehead atoms. The highest BCUT2D eigenvalue weighted by Gasteiger charge is 2.24. The van der Waals surface area contributed by atoms with Gasteiger partial charge in [0.05, 0.1) is 19.8 Å². The number of aryl methyl sites for hydroxylation is 1. The van der Waals surface area contributed by atoms with E-state index < -0.39 is 0 Å². The zero-order valence-corrected chi connectivity index (χ0v) is 14.4. The summed E-state index contributed by atoms with van der Waals surface area (Å²) in [4.78, 5) is 4.64. The van der Waals surface area contributed by atoms with Gasteiger partial charge >= 0.3 is 0 Å². The largest absolute Gasteiger partial charge is 0.496 e. The van der Waals surface area contributed by atoms with E-state index in [1.54, 1.807) is 7.11 Å². The smallest absolute Gasteiger partial charge is 0.191 e. The molecular formula is C18H29N3O2. The van der Waals surface area contributed by atoms with Gasteiger partial charge in [-0.25, -0.2) is 4.99 Å². The van der Waals surface area contributed by atoms with Crippen LogP contribution in [-0.4, -0.2) is 37.4 Å². The second kappa shape index (κ2) is 8.77. The lowest BCUT2D eigenvalue weighted by Crippen LogP contribution is -2.41. The van der Waals surface area contributed by atoms with E-state index in [4.69, 9.17) is 4.74 Å². The lowest BCUT2D eigenvalue weighted by atomic mass is 10.1. The Morgan fingerprint density at radius 3 is 2.83 bits per heavy atom. The second-order valence-corrected chi connectivity index (χ2v) is 6.15. The SMILES string of the molecule is CCNC(=NCc1ccc(C)cc1OC)NCC1CCCC1O. The first-order valence-corrected chi connectivity index (χ1v) is 8.47. The number of guanidine groups is 1. The minimum atomic E-state index is -0.178. The molecule has 1 aliphatic rings. The van der Waals surface area contributed by atoms with Gasteiger partial charge in [0.25, 0.3) is 0 Å². The molecule has 1 aromatic rings. The molecule has 0 saturated heterocycles. The van der Waals surface area contributed by atoms with Gasteiger partial charge in [-0.1, -0.05) is 18.6 Å². The van der Waals surface area contributed by atoms with Gasteiger partial charge in [-0.15, -0.1) is 0 Å². The summed E-state index contributed by atoms with van der Waals surface area (Å²) in [6, 6.07) is 6.16. The van der Waals surface area contributed by atoms with Crippen molar-refractivity contribution in [2.24, 2.45) is 10.9 Å². The van der Waals surface area contributed by atoms with Crippen molar-refractivity contribution >= 4 is 5.96 Å². The van der Waals surface area contributed by atoms with Gasteiger partial charge in [0.15, 0.2) is 5.96 Å². The van der Waals surface area contributed by atoms with Gasteiger partial charge in [-0.3, -0.25) is 0 Å². The van der Waals surface area contributed by atoms with Crippen molar-refractivity contribution in [1.82, 2.24) is 10.6 Å². The van der Waals surface area contributed by atoms with Gasteiger partial charge in [0.1, 0.15) is 5.75 Å². The van der Waals surface area contributed by atoms with Crippen molar-refractivity contribution < 1.29 is 9.84 Å². The van der Waals surface area contributed by atoms with Crippen molar-refractivity contribution in [3.8, 4) is 5.75 Å². The lowest BCUT2D eigenvalue weighted by molar-refractivity contribution is 0.134. The molecule has 3 N–H and O–H groups in total. The van der Waals surface area contributed by atoms with Crippen LogP contribution in [0.15, 0.2) is 23.2 Å². The first-order valence-electron chi connectivity index (χ1n) is 8.47. The van der Waals surface area contributed by atoms with Crippen molar-refractivity contribution in [2.45, 2.75) is 45.8 Å². The normalized spacial score (nSPS) is 21.3. The monoisotopic (exact) mass is 319 g/mol. The van der Waals surface area contributed by atoms with Crippen LogP contribution < -0.4 is 15.4 Å². The summed E-state index contributed by atoms with van der Waals surface area (Å²) < 4.78 is 5.43. The van der Waals surface area contributed by atoms with Gasteiger partial charge in [-0.05, 0) is 38.3 Å². The Hall–Kier alpha value is -1.75. The molecule has 5 nitrogen and oxygen atoms in total. The fraction of sp³-hybridized carbons (Fsp3) is 0.611. The van der Waals surface area contributed by atoms with Crippen LogP contribution in [0.3, 0.4) is 0 Å². The number of aliphatic imine (C=N–C) groups is 1. The molecule has 0 aromatic heterocycles. The number of rotatable bonds is 6. The standard InChI is InChI=1S/C18H29N3O2/c1-4-19-18(20-11-14-6-5-7-16(14)22)21-12-15-9-8-13(2)10-17(15)23-3/h8-10,14,16,22H,4-7,11-12H2,1-3H3,(H2,19,20,21). The summed E-state index contributed by atoms with van der Waals surface area (Å²) >= 11 is 0. The first kappa shape index (κ1) is 17.6. The number of hydrogen-bond donors (Lipinski definition) is 3. The molecule has 0 spiro atoms. The van der Waals surface area contributed by atoms with E-state index in [9.17, 15) is 5.11 Å². The minimum Gasteiger partial charge on any atom is -0.496 e. The summed E-state index contributed by atoms with van der Waals surface area (Å²) in [5, 5.41) is 16.5. The van der Waals surface area contributed by atoms with Crippen LogP contribution >= 0.6 is 0 Å². The van der Waals surface area contributed by atoms with Crippen molar-refractivity contribution in [1.29, 1.82) is 0 Å². The first-order chi connectivity index (χ1) is 11.1. The molecule has 0 radical (unpaired) electrons. The zero-order chi connectivity index (χ0) is 16.7. The maximum absolute atomic E-state index is 9.92. The topological polar surface area (TPSA) is 65.9 Å². The van der Waals surface area contributed by atoms with E-state index in [0.29, 0.717) is 12.5 Å². The summed E-state index contributed by atoms with van der Waals surface area (Å²) in [6.07, 6.45) is 2.93. The Morgan fingerprint density at radius 1 is 1.35 bits per heavy atom. The zero-order valence-electron chi connectivity index (χ0n) is 14.4. The highest BCUT2D eigenvalue weighted by molar-refractivity contribution is 5.79. The quantitative estimate of drug-likeness (QED) is 0.556. The fourth-order valence-electron chi connectivity index (χ4n) is 2.97. The number of methoxy groups -OCH3 is 1. The van der Waals surface area contributed by atoms with E-state index in [1.165, 1.54) is 5.56 Å². The highest BCUT2D eigenvalue weighted by atomic mass is 16.5. The number of benzene rings is 1. The van der Waals surface area contributed by atoms with Gasteiger partial charge in [0, 0.05) is 24.6 Å². The number of hydrogen-bond acceptors (Lipinski definition) is 3. The molecule has 2 atom stereocenters. The number of aliphatic hydroxyl groups excluding tert-OH is 1. The van der Waals surface area contributed by atoms with Crippen LogP contribution in [0.25, 0.3) is 0 Å². The Labute approximate surface area is 139 Å². The third-order valence-electron chi connectivity index (χ3n) is 4.34. The van der Waals surface area contributed by atoms with Gasteiger partial charge in [0.2, 0.25) is 0 Å². The summed E-state index contributed by atoms with van der Waals surface area (Å²) in [5.74, 6) is 1.98. The lowest BCUT2D eigenvalue weighted by Gasteiger charge is -2.18. The van der Waals surface area contributed by atoms with E-state index >= 15 is 0 Å². The average molecular weight is 319 g/mol. The second-order valence-electron chi connectivity index (χ2n) is 6.15. The summed E-state index contributed by atoms with van der Waals surface area (Å²) in [6.45, 7) is 6.23. The molecule has 1 aromatic carbocycles. The molecule has 128 valence electrons. The van der Waals surface area contributed by atoms with Crippen LogP contribution in [-0.2, 0) is 6.54 Å².